The minimum atomic E-state index is -0.320. The number of carbonyl (C=O) groups is 1. The molecule has 104 valence electrons. The second-order valence-corrected chi connectivity index (χ2v) is 5.66. The molecule has 18 heavy (non-hydrogen) atoms. The van der Waals surface area contributed by atoms with Crippen LogP contribution in [0.15, 0.2) is 0 Å². The van der Waals surface area contributed by atoms with Crippen molar-refractivity contribution in [2.45, 2.75) is 31.7 Å². The molecule has 1 aliphatic heterocycles. The molecular weight excluding hydrogens is 230 g/mol. The zero-order valence-corrected chi connectivity index (χ0v) is 11.2. The van der Waals surface area contributed by atoms with Gasteiger partial charge in [-0.25, -0.2) is 4.79 Å². The lowest BCUT2D eigenvalue weighted by Crippen LogP contribution is -2.51. The summed E-state index contributed by atoms with van der Waals surface area (Å²) in [6.07, 6.45) is 4.85. The first-order chi connectivity index (χ1) is 8.71. The van der Waals surface area contributed by atoms with E-state index in [0.29, 0.717) is 12.5 Å². The lowest BCUT2D eigenvalue weighted by molar-refractivity contribution is 0.121. The monoisotopic (exact) mass is 255 g/mol. The number of likely N-dealkylation sites (tertiary alicyclic amines) is 1. The van der Waals surface area contributed by atoms with Crippen LogP contribution in [0.4, 0.5) is 4.79 Å². The predicted octanol–water partition coefficient (Wildman–Crippen LogP) is 0.792. The molecule has 2 atom stereocenters. The van der Waals surface area contributed by atoms with E-state index >= 15 is 0 Å². The summed E-state index contributed by atoms with van der Waals surface area (Å²) in [6, 6.07) is 0.210. The Kier molecular flexibility index (Phi) is 4.83. The molecule has 2 rings (SSSR count). The highest BCUT2D eigenvalue weighted by Gasteiger charge is 2.32. The van der Waals surface area contributed by atoms with Gasteiger partial charge in [0.25, 0.3) is 0 Å². The van der Waals surface area contributed by atoms with Crippen LogP contribution in [0.3, 0.4) is 0 Å². The molecule has 0 bridgehead atoms. The molecule has 2 unspecified atom stereocenters. The average molecular weight is 255 g/mol. The second-order valence-electron chi connectivity index (χ2n) is 5.66. The van der Waals surface area contributed by atoms with E-state index in [2.05, 4.69) is 15.0 Å². The molecular formula is C13H25N3O2. The summed E-state index contributed by atoms with van der Waals surface area (Å²) in [5.41, 5.74) is 5.64. The van der Waals surface area contributed by atoms with Crippen molar-refractivity contribution >= 4 is 6.09 Å². The van der Waals surface area contributed by atoms with Gasteiger partial charge >= 0.3 is 6.09 Å². The van der Waals surface area contributed by atoms with E-state index < -0.39 is 0 Å². The third-order valence-corrected chi connectivity index (χ3v) is 3.93. The van der Waals surface area contributed by atoms with Crippen LogP contribution in [0.1, 0.15) is 25.7 Å². The van der Waals surface area contributed by atoms with Gasteiger partial charge in [-0.05, 0) is 24.7 Å². The molecule has 3 N–H and O–H groups in total. The van der Waals surface area contributed by atoms with Crippen LogP contribution < -0.4 is 11.1 Å². The molecule has 0 aromatic rings. The van der Waals surface area contributed by atoms with Crippen LogP contribution in [0.25, 0.3) is 0 Å². The van der Waals surface area contributed by atoms with Gasteiger partial charge in [0.05, 0.1) is 7.11 Å². The Morgan fingerprint density at radius 3 is 2.78 bits per heavy atom. The lowest BCUT2D eigenvalue weighted by atomic mass is 9.90. The maximum atomic E-state index is 11.3. The van der Waals surface area contributed by atoms with Crippen LogP contribution in [-0.4, -0.2) is 50.3 Å². The standard InChI is InChI=1S/C13H25N3O2/c1-18-13(17)15-12-7-11(6-10-2-3-10)8-16(9-12)5-4-14/h10-12H,2-9,14H2,1H3,(H,15,17). The van der Waals surface area contributed by atoms with E-state index in [0.717, 1.165) is 32.0 Å². The number of hydrogen-bond donors (Lipinski definition) is 2. The normalized spacial score (nSPS) is 29.0. The van der Waals surface area contributed by atoms with Gasteiger partial charge in [0.2, 0.25) is 0 Å². The van der Waals surface area contributed by atoms with Gasteiger partial charge in [0.1, 0.15) is 0 Å². The minimum absolute atomic E-state index is 0.210. The third kappa shape index (κ3) is 4.14. The Labute approximate surface area is 109 Å². The van der Waals surface area contributed by atoms with E-state index in [1.807, 2.05) is 0 Å². The van der Waals surface area contributed by atoms with E-state index in [9.17, 15) is 4.79 Å². The molecule has 5 heteroatoms. The third-order valence-electron chi connectivity index (χ3n) is 3.93. The fourth-order valence-electron chi connectivity index (χ4n) is 2.99. The number of piperidine rings is 1. The smallest absolute Gasteiger partial charge is 0.407 e. The van der Waals surface area contributed by atoms with Crippen molar-refractivity contribution in [2.75, 3.05) is 33.3 Å². The first kappa shape index (κ1) is 13.6. The molecule has 1 amide bonds. The summed E-state index contributed by atoms with van der Waals surface area (Å²) >= 11 is 0. The van der Waals surface area contributed by atoms with Crippen molar-refractivity contribution in [3.8, 4) is 0 Å². The number of nitrogens with two attached hydrogens (primary N) is 1. The van der Waals surface area contributed by atoms with Gasteiger partial charge in [-0.1, -0.05) is 12.8 Å². The number of nitrogens with zero attached hydrogens (tertiary/aromatic N) is 1. The van der Waals surface area contributed by atoms with Crippen molar-refractivity contribution in [1.82, 2.24) is 10.2 Å². The highest BCUT2D eigenvalue weighted by molar-refractivity contribution is 5.67. The van der Waals surface area contributed by atoms with Crippen molar-refractivity contribution in [2.24, 2.45) is 17.6 Å². The number of nitrogens with one attached hydrogen (secondary N) is 1. The summed E-state index contributed by atoms with van der Waals surface area (Å²) in [5, 5.41) is 2.94. The Hall–Kier alpha value is -0.810. The minimum Gasteiger partial charge on any atom is -0.453 e. The quantitative estimate of drug-likeness (QED) is 0.762. The Morgan fingerprint density at radius 2 is 2.17 bits per heavy atom. The first-order valence-corrected chi connectivity index (χ1v) is 6.98. The summed E-state index contributed by atoms with van der Waals surface area (Å²) in [6.45, 7) is 3.63. The van der Waals surface area contributed by atoms with Crippen LogP contribution in [0.5, 0.6) is 0 Å². The highest BCUT2D eigenvalue weighted by Crippen LogP contribution is 2.37. The first-order valence-electron chi connectivity index (χ1n) is 6.98. The van der Waals surface area contributed by atoms with Gasteiger partial charge < -0.3 is 15.8 Å². The van der Waals surface area contributed by atoms with Gasteiger partial charge in [0.15, 0.2) is 0 Å². The molecule has 5 nitrogen and oxygen atoms in total. The summed E-state index contributed by atoms with van der Waals surface area (Å²) < 4.78 is 4.68. The SMILES string of the molecule is COC(=O)NC1CC(CC2CC2)CN(CCN)C1. The summed E-state index contributed by atoms with van der Waals surface area (Å²) in [7, 11) is 1.41. The molecule has 1 aliphatic carbocycles. The Morgan fingerprint density at radius 1 is 1.39 bits per heavy atom. The fourth-order valence-corrected chi connectivity index (χ4v) is 2.99. The fraction of sp³-hybridized carbons (Fsp3) is 0.923. The summed E-state index contributed by atoms with van der Waals surface area (Å²) in [4.78, 5) is 13.7. The van der Waals surface area contributed by atoms with Gasteiger partial charge in [-0.2, -0.15) is 0 Å². The number of ether oxygens (including phenoxy) is 1. The molecule has 1 saturated carbocycles. The van der Waals surface area contributed by atoms with E-state index in [1.165, 1.54) is 26.4 Å². The molecule has 0 aromatic carbocycles. The van der Waals surface area contributed by atoms with Crippen LogP contribution in [0.2, 0.25) is 0 Å². The second kappa shape index (κ2) is 6.38. The predicted molar refractivity (Wildman–Crippen MR) is 70.3 cm³/mol. The molecule has 0 spiro atoms. The topological polar surface area (TPSA) is 67.6 Å². The van der Waals surface area contributed by atoms with Gasteiger partial charge in [-0.3, -0.25) is 4.90 Å². The molecule has 0 aromatic heterocycles. The lowest BCUT2D eigenvalue weighted by Gasteiger charge is -2.37. The zero-order valence-electron chi connectivity index (χ0n) is 11.2. The maximum Gasteiger partial charge on any atom is 0.407 e. The molecule has 2 fully saturated rings. The molecule has 1 heterocycles. The summed E-state index contributed by atoms with van der Waals surface area (Å²) in [5.74, 6) is 1.63. The van der Waals surface area contributed by atoms with E-state index in [-0.39, 0.29) is 12.1 Å². The Balaban J connectivity index is 1.85. The van der Waals surface area contributed by atoms with Crippen molar-refractivity contribution in [1.29, 1.82) is 0 Å². The maximum absolute atomic E-state index is 11.3. The number of alkyl carbamates (subject to hydrolysis) is 1. The van der Waals surface area contributed by atoms with Crippen LogP contribution >= 0.6 is 0 Å². The molecule has 0 radical (unpaired) electrons. The molecule has 2 aliphatic rings. The highest BCUT2D eigenvalue weighted by atomic mass is 16.5. The average Bonchev–Trinajstić information content (AvgIpc) is 3.13. The van der Waals surface area contributed by atoms with Gasteiger partial charge in [-0.15, -0.1) is 0 Å². The van der Waals surface area contributed by atoms with Gasteiger partial charge in [0, 0.05) is 32.2 Å². The number of methoxy groups -OCH3 is 1. The van der Waals surface area contributed by atoms with Crippen molar-refractivity contribution in [3.05, 3.63) is 0 Å². The number of rotatable bonds is 5. The van der Waals surface area contributed by atoms with E-state index in [1.54, 1.807) is 0 Å². The zero-order chi connectivity index (χ0) is 13.0. The molecule has 1 saturated heterocycles. The van der Waals surface area contributed by atoms with Crippen molar-refractivity contribution in [3.63, 3.8) is 0 Å². The number of amides is 1. The number of carbonyl (C=O) groups excluding carboxylic acids is 1. The Bertz CT molecular complexity index is 281. The van der Waals surface area contributed by atoms with E-state index in [4.69, 9.17) is 5.73 Å². The number of hydrogen-bond acceptors (Lipinski definition) is 4. The van der Waals surface area contributed by atoms with Crippen LogP contribution in [-0.2, 0) is 4.74 Å². The van der Waals surface area contributed by atoms with Crippen LogP contribution in [0, 0.1) is 11.8 Å². The largest absolute Gasteiger partial charge is 0.453 e. The van der Waals surface area contributed by atoms with Crippen molar-refractivity contribution < 1.29 is 9.53 Å².